The lowest BCUT2D eigenvalue weighted by atomic mass is 9.78. The number of amidine groups is 1. The van der Waals surface area contributed by atoms with Gasteiger partial charge in [0.2, 0.25) is 0 Å². The molecule has 1 aromatic heterocycles. The van der Waals surface area contributed by atoms with Crippen molar-refractivity contribution < 1.29 is 5.11 Å². The molecule has 4 N–H and O–H groups in total. The summed E-state index contributed by atoms with van der Waals surface area (Å²) in [5.41, 5.74) is 5.29. The maximum atomic E-state index is 10.7. The van der Waals surface area contributed by atoms with E-state index in [-0.39, 0.29) is 17.6 Å². The first-order valence-electron chi connectivity index (χ1n) is 12.2. The highest BCUT2D eigenvalue weighted by atomic mass is 16.3. The Balaban J connectivity index is 2.00. The van der Waals surface area contributed by atoms with Crippen molar-refractivity contribution in [1.29, 1.82) is 5.41 Å². The van der Waals surface area contributed by atoms with Crippen LogP contribution in [-0.2, 0) is 6.42 Å². The number of rotatable bonds is 9. The van der Waals surface area contributed by atoms with E-state index in [1.54, 1.807) is 12.3 Å². The van der Waals surface area contributed by atoms with E-state index in [9.17, 15) is 5.11 Å². The molecule has 2 aromatic rings. The quantitative estimate of drug-likeness (QED) is 0.256. The lowest BCUT2D eigenvalue weighted by molar-refractivity contribution is 0.455. The minimum absolute atomic E-state index is 0.112. The Hall–Kier alpha value is -3.08. The van der Waals surface area contributed by atoms with Crippen LogP contribution in [0.25, 0.3) is 12.2 Å². The van der Waals surface area contributed by atoms with Gasteiger partial charge < -0.3 is 15.4 Å². The second-order valence-electron chi connectivity index (χ2n) is 8.88. The molecule has 5 heteroatoms. The number of unbranched alkanes of at least 4 members (excludes halogenated alkanes) is 1. The summed E-state index contributed by atoms with van der Waals surface area (Å²) in [5.74, 6) is 0.848. The van der Waals surface area contributed by atoms with E-state index in [4.69, 9.17) is 5.41 Å². The summed E-state index contributed by atoms with van der Waals surface area (Å²) in [6, 6.07) is 6.75. The molecule has 0 saturated heterocycles. The lowest BCUT2D eigenvalue weighted by Crippen LogP contribution is -2.34. The standard InChI is InChI=1S/C28H38N4O/c1-6-9-13-30-14-12-26(29)31-19(5)27-24-17-23(21(8-3)16-25(24)32-28(27)33)22-15-20(7-2)11-10-18(22)4/h10-12,14-17,21,23,29-30,32-33H,6-9,13H2,1-5H3/b14-12-,29-26?,31-19?. The Morgan fingerprint density at radius 1 is 1.24 bits per heavy atom. The Labute approximate surface area is 197 Å². The number of aromatic hydroxyl groups is 1. The van der Waals surface area contributed by atoms with Crippen LogP contribution in [0, 0.1) is 18.3 Å². The van der Waals surface area contributed by atoms with Gasteiger partial charge in [-0.3, -0.25) is 5.41 Å². The van der Waals surface area contributed by atoms with Gasteiger partial charge >= 0.3 is 0 Å². The van der Waals surface area contributed by atoms with Crippen LogP contribution in [0.2, 0.25) is 0 Å². The third kappa shape index (κ3) is 5.65. The fourth-order valence-corrected chi connectivity index (χ4v) is 4.55. The number of hydrogen-bond donors (Lipinski definition) is 4. The van der Waals surface area contributed by atoms with E-state index in [1.807, 2.05) is 6.92 Å². The van der Waals surface area contributed by atoms with Gasteiger partial charge in [0.15, 0.2) is 5.88 Å². The fourth-order valence-electron chi connectivity index (χ4n) is 4.55. The number of nitrogens with one attached hydrogen (secondary N) is 3. The molecule has 0 saturated carbocycles. The number of aryl methyl sites for hydroxylation is 2. The van der Waals surface area contributed by atoms with Crippen LogP contribution in [-0.4, -0.2) is 28.2 Å². The Bertz CT molecular complexity index is 1170. The minimum Gasteiger partial charge on any atom is -0.494 e. The van der Waals surface area contributed by atoms with Crippen molar-refractivity contribution in [3.8, 4) is 5.88 Å². The molecule has 0 bridgehead atoms. The van der Waals surface area contributed by atoms with E-state index < -0.39 is 0 Å². The Morgan fingerprint density at radius 2 is 2.03 bits per heavy atom. The van der Waals surface area contributed by atoms with E-state index in [1.165, 1.54) is 16.7 Å². The molecule has 0 radical (unpaired) electrons. The zero-order valence-corrected chi connectivity index (χ0v) is 20.6. The van der Waals surface area contributed by atoms with Crippen molar-refractivity contribution in [3.63, 3.8) is 0 Å². The van der Waals surface area contributed by atoms with E-state index in [0.29, 0.717) is 17.2 Å². The molecule has 1 aromatic carbocycles. The van der Waals surface area contributed by atoms with Gasteiger partial charge in [0.25, 0.3) is 0 Å². The lowest BCUT2D eigenvalue weighted by Gasteiger charge is -2.25. The minimum atomic E-state index is 0.112. The van der Waals surface area contributed by atoms with Crippen LogP contribution in [0.5, 0.6) is 5.88 Å². The molecule has 0 spiro atoms. The van der Waals surface area contributed by atoms with Gasteiger partial charge in [-0.15, -0.1) is 0 Å². The average molecular weight is 447 g/mol. The molecule has 176 valence electrons. The summed E-state index contributed by atoms with van der Waals surface area (Å²) in [6.45, 7) is 11.5. The smallest absolute Gasteiger partial charge is 0.198 e. The van der Waals surface area contributed by atoms with Crippen molar-refractivity contribution in [1.82, 2.24) is 10.3 Å². The molecule has 2 unspecified atom stereocenters. The molecule has 0 fully saturated rings. The van der Waals surface area contributed by atoms with Gasteiger partial charge in [0, 0.05) is 29.2 Å². The maximum Gasteiger partial charge on any atom is 0.198 e. The third-order valence-electron chi connectivity index (χ3n) is 6.50. The summed E-state index contributed by atoms with van der Waals surface area (Å²) in [6.07, 6.45) is 12.2. The van der Waals surface area contributed by atoms with Crippen LogP contribution in [0.1, 0.15) is 75.1 Å². The normalized spacial score (nSPS) is 18.0. The van der Waals surface area contributed by atoms with Gasteiger partial charge in [-0.05, 0) is 61.8 Å². The maximum absolute atomic E-state index is 10.7. The van der Waals surface area contributed by atoms with Crippen molar-refractivity contribution in [3.05, 3.63) is 63.3 Å². The predicted octanol–water partition coefficient (Wildman–Crippen LogP) is 4.67. The Morgan fingerprint density at radius 3 is 2.73 bits per heavy atom. The molecule has 33 heavy (non-hydrogen) atoms. The number of benzene rings is 1. The zero-order chi connectivity index (χ0) is 24.0. The second kappa shape index (κ2) is 11.2. The molecule has 0 amide bonds. The monoisotopic (exact) mass is 446 g/mol. The molecule has 1 aliphatic carbocycles. The molecule has 0 aliphatic heterocycles. The number of aromatic amines is 1. The number of hydrogen-bond acceptors (Lipinski definition) is 3. The summed E-state index contributed by atoms with van der Waals surface area (Å²) in [4.78, 5) is 7.59. The highest BCUT2D eigenvalue weighted by molar-refractivity contribution is 6.09. The van der Waals surface area contributed by atoms with Gasteiger partial charge in [-0.1, -0.05) is 57.5 Å². The van der Waals surface area contributed by atoms with Crippen LogP contribution in [0.15, 0.2) is 35.5 Å². The van der Waals surface area contributed by atoms with Gasteiger partial charge in [-0.25, -0.2) is 4.99 Å². The molecular formula is C28H38N4O. The van der Waals surface area contributed by atoms with E-state index in [2.05, 4.69) is 73.3 Å². The molecule has 3 rings (SSSR count). The summed E-state index contributed by atoms with van der Waals surface area (Å²) in [5, 5.41) is 24.0. The molecule has 5 nitrogen and oxygen atoms in total. The van der Waals surface area contributed by atoms with Crippen LogP contribution in [0.4, 0.5) is 0 Å². The van der Waals surface area contributed by atoms with Crippen molar-refractivity contribution in [2.45, 2.75) is 66.2 Å². The first-order valence-corrected chi connectivity index (χ1v) is 12.2. The SMILES string of the molecule is CCCCN/C=C\C(=N)N=C(C)c1c(O)[nH]c2c1=CC(c1cc(CC)ccc1C)C(CC)C=2. The summed E-state index contributed by atoms with van der Waals surface area (Å²) in [7, 11) is 0. The van der Waals surface area contributed by atoms with Crippen LogP contribution >= 0.6 is 0 Å². The molecule has 1 aliphatic rings. The number of fused-ring (bicyclic) bond motifs is 1. The number of aromatic nitrogens is 1. The Kier molecular flexibility index (Phi) is 8.32. The van der Waals surface area contributed by atoms with Gasteiger partial charge in [-0.2, -0.15) is 0 Å². The highest BCUT2D eigenvalue weighted by Crippen LogP contribution is 2.34. The van der Waals surface area contributed by atoms with Gasteiger partial charge in [0.1, 0.15) is 5.84 Å². The van der Waals surface area contributed by atoms with E-state index >= 15 is 0 Å². The van der Waals surface area contributed by atoms with Crippen LogP contribution < -0.4 is 15.9 Å². The first kappa shape index (κ1) is 24.6. The molecular weight excluding hydrogens is 408 g/mol. The highest BCUT2D eigenvalue weighted by Gasteiger charge is 2.25. The van der Waals surface area contributed by atoms with Crippen molar-refractivity contribution in [2.75, 3.05) is 6.54 Å². The topological polar surface area (TPSA) is 84.3 Å². The molecule has 2 atom stereocenters. The van der Waals surface area contributed by atoms with Crippen LogP contribution in [0.3, 0.4) is 0 Å². The zero-order valence-electron chi connectivity index (χ0n) is 20.6. The van der Waals surface area contributed by atoms with Gasteiger partial charge in [0.05, 0.1) is 11.3 Å². The number of H-pyrrole nitrogens is 1. The third-order valence-corrected chi connectivity index (χ3v) is 6.50. The largest absolute Gasteiger partial charge is 0.494 e. The predicted molar refractivity (Wildman–Crippen MR) is 140 cm³/mol. The van der Waals surface area contributed by atoms with Crippen molar-refractivity contribution in [2.24, 2.45) is 10.9 Å². The number of nitrogens with zero attached hydrogens (tertiary/aromatic N) is 1. The summed E-state index contributed by atoms with van der Waals surface area (Å²) < 4.78 is 0. The van der Waals surface area contributed by atoms with E-state index in [0.717, 1.165) is 42.8 Å². The second-order valence-corrected chi connectivity index (χ2v) is 8.88. The first-order chi connectivity index (χ1) is 15.9. The molecule has 1 heterocycles. The average Bonchev–Trinajstić information content (AvgIpc) is 3.13. The van der Waals surface area contributed by atoms with Crippen molar-refractivity contribution >= 4 is 23.7 Å². The summed E-state index contributed by atoms with van der Waals surface area (Å²) >= 11 is 0. The fraction of sp³-hybridized carbons (Fsp3) is 0.429. The number of aliphatic imine (C=N–C) groups is 1.